The van der Waals surface area contributed by atoms with Crippen LogP contribution in [-0.4, -0.2) is 17.6 Å². The SMILES string of the molecule is C[C@@H](CN)NCc1cncc(Br)c1. The fraction of sp³-hybridized carbons (Fsp3) is 0.444. The molecule has 72 valence electrons. The smallest absolute Gasteiger partial charge is 0.0410 e. The van der Waals surface area contributed by atoms with Crippen LogP contribution >= 0.6 is 15.9 Å². The molecule has 1 atom stereocenters. The average molecular weight is 244 g/mol. The first-order chi connectivity index (χ1) is 6.22. The molecule has 0 spiro atoms. The second kappa shape index (κ2) is 5.32. The molecule has 0 aliphatic rings. The van der Waals surface area contributed by atoms with E-state index in [0.717, 1.165) is 16.6 Å². The molecule has 0 amide bonds. The van der Waals surface area contributed by atoms with Gasteiger partial charge in [0.1, 0.15) is 0 Å². The third-order valence-electron chi connectivity index (χ3n) is 1.77. The number of rotatable bonds is 4. The van der Waals surface area contributed by atoms with E-state index < -0.39 is 0 Å². The maximum Gasteiger partial charge on any atom is 0.0410 e. The van der Waals surface area contributed by atoms with Gasteiger partial charge in [-0.1, -0.05) is 0 Å². The summed E-state index contributed by atoms with van der Waals surface area (Å²) in [4.78, 5) is 4.07. The topological polar surface area (TPSA) is 50.9 Å². The van der Waals surface area contributed by atoms with Crippen molar-refractivity contribution in [3.05, 3.63) is 28.5 Å². The summed E-state index contributed by atoms with van der Waals surface area (Å²) in [6.07, 6.45) is 3.62. The Morgan fingerprint density at radius 3 is 3.00 bits per heavy atom. The first-order valence-corrected chi connectivity index (χ1v) is 5.04. The molecule has 1 rings (SSSR count). The summed E-state index contributed by atoms with van der Waals surface area (Å²) >= 11 is 3.37. The van der Waals surface area contributed by atoms with Crippen molar-refractivity contribution in [1.82, 2.24) is 10.3 Å². The normalized spacial score (nSPS) is 12.8. The van der Waals surface area contributed by atoms with Crippen molar-refractivity contribution in [3.63, 3.8) is 0 Å². The van der Waals surface area contributed by atoms with E-state index in [1.165, 1.54) is 0 Å². The summed E-state index contributed by atoms with van der Waals surface area (Å²) in [5.74, 6) is 0. The lowest BCUT2D eigenvalue weighted by Gasteiger charge is -2.10. The molecule has 1 aromatic heterocycles. The van der Waals surface area contributed by atoms with Gasteiger partial charge in [-0.25, -0.2) is 0 Å². The highest BCUT2D eigenvalue weighted by Gasteiger charge is 1.98. The van der Waals surface area contributed by atoms with Crippen molar-refractivity contribution in [2.75, 3.05) is 6.54 Å². The minimum Gasteiger partial charge on any atom is -0.329 e. The standard InChI is InChI=1S/C9H14BrN3/c1-7(3-11)13-5-8-2-9(10)6-12-4-8/h2,4,6-7,13H,3,5,11H2,1H3/t7-/m0/s1. The molecule has 13 heavy (non-hydrogen) atoms. The molecule has 0 aliphatic heterocycles. The summed E-state index contributed by atoms with van der Waals surface area (Å²) in [6, 6.07) is 2.39. The van der Waals surface area contributed by atoms with E-state index in [1.54, 1.807) is 6.20 Å². The molecular weight excluding hydrogens is 230 g/mol. The molecule has 0 aromatic carbocycles. The van der Waals surface area contributed by atoms with Crippen molar-refractivity contribution in [2.24, 2.45) is 5.73 Å². The lowest BCUT2D eigenvalue weighted by atomic mass is 10.2. The zero-order valence-electron chi connectivity index (χ0n) is 7.63. The molecule has 0 aliphatic carbocycles. The summed E-state index contributed by atoms with van der Waals surface area (Å²) in [6.45, 7) is 3.53. The predicted molar refractivity (Wildman–Crippen MR) is 57.3 cm³/mol. The Morgan fingerprint density at radius 2 is 2.38 bits per heavy atom. The first kappa shape index (κ1) is 10.6. The van der Waals surface area contributed by atoms with Gasteiger partial charge in [0.15, 0.2) is 0 Å². The van der Waals surface area contributed by atoms with Gasteiger partial charge in [0.25, 0.3) is 0 Å². The number of pyridine rings is 1. The summed E-state index contributed by atoms with van der Waals surface area (Å²) in [5, 5.41) is 3.29. The predicted octanol–water partition coefficient (Wildman–Crippen LogP) is 1.28. The number of hydrogen-bond donors (Lipinski definition) is 2. The van der Waals surface area contributed by atoms with Gasteiger partial charge in [-0.2, -0.15) is 0 Å². The minimum atomic E-state index is 0.346. The second-order valence-electron chi connectivity index (χ2n) is 3.03. The van der Waals surface area contributed by atoms with E-state index in [0.29, 0.717) is 12.6 Å². The van der Waals surface area contributed by atoms with Crippen LogP contribution in [0, 0.1) is 0 Å². The van der Waals surface area contributed by atoms with Gasteiger partial charge < -0.3 is 11.1 Å². The Labute approximate surface area is 86.9 Å². The van der Waals surface area contributed by atoms with E-state index in [2.05, 4.69) is 33.2 Å². The van der Waals surface area contributed by atoms with Crippen molar-refractivity contribution in [1.29, 1.82) is 0 Å². The zero-order valence-corrected chi connectivity index (χ0v) is 9.21. The van der Waals surface area contributed by atoms with Crippen molar-refractivity contribution < 1.29 is 0 Å². The number of nitrogens with zero attached hydrogens (tertiary/aromatic N) is 1. The molecule has 1 heterocycles. The summed E-state index contributed by atoms with van der Waals surface area (Å²) in [7, 11) is 0. The van der Waals surface area contributed by atoms with Gasteiger partial charge in [0, 0.05) is 36.0 Å². The maximum atomic E-state index is 5.48. The van der Waals surface area contributed by atoms with E-state index in [-0.39, 0.29) is 0 Å². The average Bonchev–Trinajstić information content (AvgIpc) is 2.14. The molecule has 0 fully saturated rings. The Hall–Kier alpha value is -0.450. The van der Waals surface area contributed by atoms with Crippen LogP contribution in [0.25, 0.3) is 0 Å². The zero-order chi connectivity index (χ0) is 9.68. The highest BCUT2D eigenvalue weighted by Crippen LogP contribution is 2.09. The van der Waals surface area contributed by atoms with Crippen LogP contribution in [0.3, 0.4) is 0 Å². The molecule has 0 saturated heterocycles. The number of nitrogens with one attached hydrogen (secondary N) is 1. The maximum absolute atomic E-state index is 5.48. The monoisotopic (exact) mass is 243 g/mol. The minimum absolute atomic E-state index is 0.346. The van der Waals surface area contributed by atoms with Gasteiger partial charge in [0.2, 0.25) is 0 Å². The number of halogens is 1. The molecule has 0 saturated carbocycles. The quantitative estimate of drug-likeness (QED) is 0.838. The van der Waals surface area contributed by atoms with Crippen molar-refractivity contribution >= 4 is 15.9 Å². The number of aromatic nitrogens is 1. The molecule has 0 bridgehead atoms. The van der Waals surface area contributed by atoms with Gasteiger partial charge in [-0.05, 0) is 34.5 Å². The van der Waals surface area contributed by atoms with Gasteiger partial charge in [-0.3, -0.25) is 4.98 Å². The molecule has 3 N–H and O–H groups in total. The van der Waals surface area contributed by atoms with Gasteiger partial charge in [-0.15, -0.1) is 0 Å². The fourth-order valence-electron chi connectivity index (χ4n) is 0.928. The van der Waals surface area contributed by atoms with Crippen LogP contribution in [0.5, 0.6) is 0 Å². The largest absolute Gasteiger partial charge is 0.329 e. The van der Waals surface area contributed by atoms with E-state index >= 15 is 0 Å². The van der Waals surface area contributed by atoms with Crippen molar-refractivity contribution in [2.45, 2.75) is 19.5 Å². The lowest BCUT2D eigenvalue weighted by Crippen LogP contribution is -2.32. The van der Waals surface area contributed by atoms with Crippen molar-refractivity contribution in [3.8, 4) is 0 Å². The Bertz CT molecular complexity index is 265. The summed E-state index contributed by atoms with van der Waals surface area (Å²) < 4.78 is 1.01. The Morgan fingerprint density at radius 1 is 1.62 bits per heavy atom. The lowest BCUT2D eigenvalue weighted by molar-refractivity contribution is 0.555. The Kier molecular flexibility index (Phi) is 4.35. The molecule has 3 nitrogen and oxygen atoms in total. The third-order valence-corrected chi connectivity index (χ3v) is 2.20. The third kappa shape index (κ3) is 3.85. The van der Waals surface area contributed by atoms with E-state index in [1.807, 2.05) is 12.3 Å². The number of hydrogen-bond acceptors (Lipinski definition) is 3. The Balaban J connectivity index is 2.45. The molecule has 0 unspecified atom stereocenters. The second-order valence-corrected chi connectivity index (χ2v) is 3.94. The van der Waals surface area contributed by atoms with Crippen LogP contribution in [-0.2, 0) is 6.54 Å². The van der Waals surface area contributed by atoms with Crippen LogP contribution in [0.2, 0.25) is 0 Å². The molecule has 0 radical (unpaired) electrons. The van der Waals surface area contributed by atoms with Crippen LogP contribution < -0.4 is 11.1 Å². The summed E-state index contributed by atoms with van der Waals surface area (Å²) in [5.41, 5.74) is 6.64. The van der Waals surface area contributed by atoms with Gasteiger partial charge in [0.05, 0.1) is 0 Å². The highest BCUT2D eigenvalue weighted by atomic mass is 79.9. The van der Waals surface area contributed by atoms with Crippen LogP contribution in [0.4, 0.5) is 0 Å². The van der Waals surface area contributed by atoms with E-state index in [4.69, 9.17) is 5.73 Å². The van der Waals surface area contributed by atoms with Crippen LogP contribution in [0.1, 0.15) is 12.5 Å². The fourth-order valence-corrected chi connectivity index (χ4v) is 1.34. The molecule has 4 heteroatoms. The highest BCUT2D eigenvalue weighted by molar-refractivity contribution is 9.10. The van der Waals surface area contributed by atoms with Crippen LogP contribution in [0.15, 0.2) is 22.9 Å². The first-order valence-electron chi connectivity index (χ1n) is 4.25. The van der Waals surface area contributed by atoms with E-state index in [9.17, 15) is 0 Å². The number of nitrogens with two attached hydrogens (primary N) is 1. The molecular formula is C9H14BrN3. The van der Waals surface area contributed by atoms with Gasteiger partial charge >= 0.3 is 0 Å². The molecule has 1 aromatic rings.